The summed E-state index contributed by atoms with van der Waals surface area (Å²) in [7, 11) is 0. The predicted octanol–water partition coefficient (Wildman–Crippen LogP) is 6.87. The van der Waals surface area contributed by atoms with Crippen molar-refractivity contribution in [3.8, 4) is 0 Å². The maximum absolute atomic E-state index is 12.9. The van der Waals surface area contributed by atoms with Crippen molar-refractivity contribution >= 4 is 11.9 Å². The summed E-state index contributed by atoms with van der Waals surface area (Å²) in [4.78, 5) is 25.8. The Bertz CT molecular complexity index is 509. The second-order valence-electron chi connectivity index (χ2n) is 10.2. The number of esters is 2. The van der Waals surface area contributed by atoms with Crippen molar-refractivity contribution in [3.63, 3.8) is 0 Å². The summed E-state index contributed by atoms with van der Waals surface area (Å²) in [6.45, 7) is 17.2. The van der Waals surface area contributed by atoms with Crippen LogP contribution in [0.1, 0.15) is 107 Å². The lowest BCUT2D eigenvalue weighted by Gasteiger charge is -2.23. The first-order valence-corrected chi connectivity index (χ1v) is 11.5. The number of hydrogen-bond acceptors (Lipinski definition) is 4. The molecule has 0 rings (SSSR count). The van der Waals surface area contributed by atoms with Crippen molar-refractivity contribution in [2.24, 2.45) is 17.3 Å². The molecule has 0 N–H and O–H groups in total. The first kappa shape index (κ1) is 27.7. The van der Waals surface area contributed by atoms with Crippen LogP contribution in [0.5, 0.6) is 0 Å². The van der Waals surface area contributed by atoms with Gasteiger partial charge in [-0.05, 0) is 36.5 Å². The Balaban J connectivity index is 5.55. The summed E-state index contributed by atoms with van der Waals surface area (Å²) >= 11 is 0. The Labute approximate surface area is 179 Å². The van der Waals surface area contributed by atoms with E-state index in [9.17, 15) is 9.59 Å². The molecular weight excluding hydrogens is 364 g/mol. The van der Waals surface area contributed by atoms with Gasteiger partial charge in [-0.2, -0.15) is 0 Å². The van der Waals surface area contributed by atoms with Gasteiger partial charge in [0.05, 0.1) is 13.2 Å². The molecule has 0 aliphatic carbocycles. The molecule has 0 amide bonds. The highest BCUT2D eigenvalue weighted by Gasteiger charge is 2.27. The van der Waals surface area contributed by atoms with E-state index in [2.05, 4.69) is 27.7 Å². The quantitative estimate of drug-likeness (QED) is 0.178. The van der Waals surface area contributed by atoms with Crippen LogP contribution in [0.25, 0.3) is 0 Å². The summed E-state index contributed by atoms with van der Waals surface area (Å²) in [5, 5.41) is 0. The number of ether oxygens (including phenoxy) is 2. The van der Waals surface area contributed by atoms with Crippen molar-refractivity contribution in [2.75, 3.05) is 13.2 Å². The van der Waals surface area contributed by atoms with E-state index in [1.807, 2.05) is 27.7 Å². The topological polar surface area (TPSA) is 52.6 Å². The Morgan fingerprint density at radius 2 is 1.17 bits per heavy atom. The highest BCUT2D eigenvalue weighted by atomic mass is 16.5. The number of unbranched alkanes of at least 4 members (excludes halogenated alkanes) is 5. The van der Waals surface area contributed by atoms with E-state index in [-0.39, 0.29) is 29.2 Å². The third-order valence-electron chi connectivity index (χ3n) is 4.44. The summed E-state index contributed by atoms with van der Waals surface area (Å²) in [6.07, 6.45) is 7.87. The largest absolute Gasteiger partial charge is 0.462 e. The van der Waals surface area contributed by atoms with E-state index in [1.165, 1.54) is 19.3 Å². The van der Waals surface area contributed by atoms with E-state index in [4.69, 9.17) is 9.47 Å². The molecule has 0 fully saturated rings. The van der Waals surface area contributed by atoms with Gasteiger partial charge >= 0.3 is 11.9 Å². The number of carbonyl (C=O) groups is 2. The van der Waals surface area contributed by atoms with Gasteiger partial charge in [-0.25, -0.2) is 9.59 Å². The molecule has 0 aromatic heterocycles. The molecule has 0 saturated heterocycles. The van der Waals surface area contributed by atoms with Crippen LogP contribution in [-0.2, 0) is 19.1 Å². The van der Waals surface area contributed by atoms with Crippen LogP contribution in [0.3, 0.4) is 0 Å². The molecule has 0 aliphatic rings. The number of carbonyl (C=O) groups excluding carboxylic acids is 2. The summed E-state index contributed by atoms with van der Waals surface area (Å²) in [6, 6.07) is 0. The van der Waals surface area contributed by atoms with Crippen molar-refractivity contribution in [1.29, 1.82) is 0 Å². The minimum absolute atomic E-state index is 0.128. The van der Waals surface area contributed by atoms with Gasteiger partial charge in [-0.3, -0.25) is 0 Å². The van der Waals surface area contributed by atoms with Crippen LogP contribution in [0.4, 0.5) is 0 Å². The van der Waals surface area contributed by atoms with Crippen molar-refractivity contribution < 1.29 is 19.1 Å². The highest BCUT2D eigenvalue weighted by Crippen LogP contribution is 2.29. The minimum atomic E-state index is -0.365. The van der Waals surface area contributed by atoms with Gasteiger partial charge in [0.15, 0.2) is 0 Å². The molecule has 170 valence electrons. The van der Waals surface area contributed by atoms with Crippen molar-refractivity contribution in [2.45, 2.75) is 107 Å². The molecular formula is C25H46O4. The van der Waals surface area contributed by atoms with Crippen LogP contribution in [-0.4, -0.2) is 25.2 Å². The summed E-state index contributed by atoms with van der Waals surface area (Å²) in [5.41, 5.74) is 0.891. The van der Waals surface area contributed by atoms with E-state index in [0.717, 1.165) is 19.3 Å². The zero-order valence-corrected chi connectivity index (χ0v) is 20.4. The van der Waals surface area contributed by atoms with Crippen LogP contribution in [0.2, 0.25) is 0 Å². The van der Waals surface area contributed by atoms with E-state index in [1.54, 1.807) is 0 Å². The molecule has 0 radical (unpaired) electrons. The lowest BCUT2D eigenvalue weighted by Crippen LogP contribution is -2.22. The molecule has 0 heterocycles. The third kappa shape index (κ3) is 14.3. The lowest BCUT2D eigenvalue weighted by molar-refractivity contribution is -0.143. The van der Waals surface area contributed by atoms with E-state index in [0.29, 0.717) is 37.2 Å². The molecule has 0 aromatic carbocycles. The third-order valence-corrected chi connectivity index (χ3v) is 4.44. The van der Waals surface area contributed by atoms with Gasteiger partial charge in [0, 0.05) is 11.1 Å². The van der Waals surface area contributed by atoms with Gasteiger partial charge in [-0.15, -0.1) is 0 Å². The van der Waals surface area contributed by atoms with Gasteiger partial charge in [-0.1, -0.05) is 87.5 Å². The first-order valence-electron chi connectivity index (χ1n) is 11.5. The molecule has 4 heteroatoms. The second-order valence-corrected chi connectivity index (χ2v) is 10.2. The fourth-order valence-electron chi connectivity index (χ4n) is 2.95. The Morgan fingerprint density at radius 3 is 1.62 bits per heavy atom. The van der Waals surface area contributed by atoms with Gasteiger partial charge < -0.3 is 9.47 Å². The fourth-order valence-corrected chi connectivity index (χ4v) is 2.95. The van der Waals surface area contributed by atoms with E-state index >= 15 is 0 Å². The maximum Gasteiger partial charge on any atom is 0.334 e. The fraction of sp³-hybridized carbons (Fsp3) is 0.840. The SMILES string of the molecule is CCCCCCCC/C(C(=O)OCC(C)C)=C(\CC(C)(C)C)C(=O)OCC(C)C. The maximum atomic E-state index is 12.9. The van der Waals surface area contributed by atoms with E-state index < -0.39 is 0 Å². The van der Waals surface area contributed by atoms with Crippen LogP contribution >= 0.6 is 0 Å². The Hall–Kier alpha value is -1.32. The first-order chi connectivity index (χ1) is 13.5. The average molecular weight is 411 g/mol. The van der Waals surface area contributed by atoms with Gasteiger partial charge in [0.1, 0.15) is 0 Å². The van der Waals surface area contributed by atoms with Crippen LogP contribution in [0.15, 0.2) is 11.1 Å². The smallest absolute Gasteiger partial charge is 0.334 e. The second kappa shape index (κ2) is 14.6. The Morgan fingerprint density at radius 1 is 0.724 bits per heavy atom. The molecule has 0 spiro atoms. The monoisotopic (exact) mass is 410 g/mol. The molecule has 0 unspecified atom stereocenters. The molecule has 29 heavy (non-hydrogen) atoms. The van der Waals surface area contributed by atoms with Crippen molar-refractivity contribution in [1.82, 2.24) is 0 Å². The highest BCUT2D eigenvalue weighted by molar-refractivity contribution is 6.00. The lowest BCUT2D eigenvalue weighted by atomic mass is 9.85. The normalized spacial score (nSPS) is 12.9. The molecule has 0 bridgehead atoms. The number of hydrogen-bond donors (Lipinski definition) is 0. The van der Waals surface area contributed by atoms with Gasteiger partial charge in [0.25, 0.3) is 0 Å². The molecule has 4 nitrogen and oxygen atoms in total. The summed E-state index contributed by atoms with van der Waals surface area (Å²) in [5.74, 6) is -0.206. The standard InChI is InChI=1S/C25H46O4/c1-9-10-11-12-13-14-15-21(23(26)28-17-19(2)3)22(16-25(6,7)8)24(27)29-18-20(4)5/h19-20H,9-18H2,1-8H3/b22-21-. The average Bonchev–Trinajstić information content (AvgIpc) is 2.61. The van der Waals surface area contributed by atoms with Crippen molar-refractivity contribution in [3.05, 3.63) is 11.1 Å². The Kier molecular flexibility index (Phi) is 14.0. The molecule has 0 aliphatic heterocycles. The zero-order valence-electron chi connectivity index (χ0n) is 20.4. The number of rotatable bonds is 14. The summed E-state index contributed by atoms with van der Waals surface area (Å²) < 4.78 is 11.1. The molecule has 0 aromatic rings. The predicted molar refractivity (Wildman–Crippen MR) is 121 cm³/mol. The molecule has 0 atom stereocenters. The van der Waals surface area contributed by atoms with Gasteiger partial charge in [0.2, 0.25) is 0 Å². The zero-order chi connectivity index (χ0) is 22.4. The van der Waals surface area contributed by atoms with Crippen LogP contribution in [0, 0.1) is 17.3 Å². The van der Waals surface area contributed by atoms with Crippen LogP contribution < -0.4 is 0 Å². The minimum Gasteiger partial charge on any atom is -0.462 e. The molecule has 0 saturated carbocycles.